The molecule has 0 aliphatic heterocycles. The summed E-state index contributed by atoms with van der Waals surface area (Å²) in [5.74, 6) is -4.47. The lowest BCUT2D eigenvalue weighted by molar-refractivity contribution is -0.113. The Morgan fingerprint density at radius 1 is 1.17 bits per heavy atom. The third-order valence-electron chi connectivity index (χ3n) is 4.81. The van der Waals surface area contributed by atoms with Gasteiger partial charge in [0.05, 0.1) is 4.90 Å². The SMILES string of the molecule is C=CC(F)(F)c1ccc(CC2C=CC(C(=O)CS(=O)(=O)c3ccccc3)=C2)c(Cl)c1. The molecule has 0 heterocycles. The fourth-order valence-corrected chi connectivity index (χ4v) is 4.65. The molecule has 0 fully saturated rings. The van der Waals surface area contributed by atoms with Crippen molar-refractivity contribution in [3.05, 3.63) is 101 Å². The van der Waals surface area contributed by atoms with E-state index in [9.17, 15) is 22.0 Å². The number of rotatable bonds is 8. The van der Waals surface area contributed by atoms with Gasteiger partial charge in [-0.15, -0.1) is 0 Å². The van der Waals surface area contributed by atoms with E-state index in [4.69, 9.17) is 11.6 Å². The number of hydrogen-bond acceptors (Lipinski definition) is 3. The van der Waals surface area contributed by atoms with Crippen molar-refractivity contribution in [2.75, 3.05) is 5.75 Å². The van der Waals surface area contributed by atoms with E-state index in [1.54, 1.807) is 36.4 Å². The largest absolute Gasteiger partial charge is 0.293 e. The minimum absolute atomic E-state index is 0.0978. The molecule has 0 bridgehead atoms. The number of benzene rings is 2. The molecule has 1 atom stereocenters. The molecule has 0 N–H and O–H groups in total. The van der Waals surface area contributed by atoms with Gasteiger partial charge in [0.15, 0.2) is 15.6 Å². The Balaban J connectivity index is 1.70. The summed E-state index contributed by atoms with van der Waals surface area (Å²) in [5.41, 5.74) is 0.716. The molecule has 1 unspecified atom stereocenters. The number of ketones is 1. The van der Waals surface area contributed by atoms with Crippen molar-refractivity contribution in [1.29, 1.82) is 0 Å². The van der Waals surface area contributed by atoms with Crippen molar-refractivity contribution in [2.45, 2.75) is 17.2 Å². The predicted octanol–water partition coefficient (Wildman–Crippen LogP) is 5.32. The topological polar surface area (TPSA) is 51.2 Å². The van der Waals surface area contributed by atoms with Crippen LogP contribution in [0.2, 0.25) is 5.02 Å². The highest BCUT2D eigenvalue weighted by Gasteiger charge is 2.28. The predicted molar refractivity (Wildman–Crippen MR) is 113 cm³/mol. The zero-order valence-electron chi connectivity index (χ0n) is 15.9. The highest BCUT2D eigenvalue weighted by atomic mass is 35.5. The molecule has 3 rings (SSSR count). The van der Waals surface area contributed by atoms with Gasteiger partial charge in [-0.2, -0.15) is 8.78 Å². The first kappa shape index (κ1) is 22.1. The van der Waals surface area contributed by atoms with Crippen LogP contribution >= 0.6 is 11.6 Å². The lowest BCUT2D eigenvalue weighted by Crippen LogP contribution is -2.17. The number of sulfone groups is 1. The summed E-state index contributed by atoms with van der Waals surface area (Å²) < 4.78 is 52.2. The van der Waals surface area contributed by atoms with E-state index in [1.165, 1.54) is 30.3 Å². The van der Waals surface area contributed by atoms with Crippen LogP contribution < -0.4 is 0 Å². The minimum atomic E-state index is -3.73. The van der Waals surface area contributed by atoms with E-state index in [-0.39, 0.29) is 21.4 Å². The molecule has 0 spiro atoms. The van der Waals surface area contributed by atoms with E-state index in [0.29, 0.717) is 23.6 Å². The minimum Gasteiger partial charge on any atom is -0.293 e. The molecule has 3 nitrogen and oxygen atoms in total. The second-order valence-corrected chi connectivity index (χ2v) is 9.37. The summed E-state index contributed by atoms with van der Waals surface area (Å²) in [6, 6.07) is 11.8. The van der Waals surface area contributed by atoms with E-state index in [1.807, 2.05) is 0 Å². The monoisotopic (exact) mass is 448 g/mol. The van der Waals surface area contributed by atoms with Gasteiger partial charge in [0.2, 0.25) is 0 Å². The molecule has 2 aromatic rings. The number of alkyl halides is 2. The van der Waals surface area contributed by atoms with Crippen LogP contribution in [-0.4, -0.2) is 20.0 Å². The van der Waals surface area contributed by atoms with Crippen LogP contribution in [0.1, 0.15) is 11.1 Å². The van der Waals surface area contributed by atoms with Crippen LogP contribution in [0.4, 0.5) is 8.78 Å². The molecule has 2 aromatic carbocycles. The maximum atomic E-state index is 13.7. The third-order valence-corrected chi connectivity index (χ3v) is 6.80. The first-order valence-electron chi connectivity index (χ1n) is 9.14. The molecule has 1 aliphatic carbocycles. The first-order chi connectivity index (χ1) is 14.1. The van der Waals surface area contributed by atoms with Crippen molar-refractivity contribution < 1.29 is 22.0 Å². The summed E-state index contributed by atoms with van der Waals surface area (Å²) in [4.78, 5) is 12.6. The molecule has 30 heavy (non-hydrogen) atoms. The quantitative estimate of drug-likeness (QED) is 0.514. The number of allylic oxidation sites excluding steroid dienone is 5. The summed E-state index contributed by atoms with van der Waals surface area (Å²) in [5, 5.41) is 0.197. The Hall–Kier alpha value is -2.57. The number of carbonyl (C=O) groups excluding carboxylic acids is 1. The average molecular weight is 449 g/mol. The molecular weight excluding hydrogens is 430 g/mol. The van der Waals surface area contributed by atoms with Gasteiger partial charge >= 0.3 is 0 Å². The van der Waals surface area contributed by atoms with Gasteiger partial charge in [-0.1, -0.05) is 66.7 Å². The highest BCUT2D eigenvalue weighted by Crippen LogP contribution is 2.33. The van der Waals surface area contributed by atoms with Crippen molar-refractivity contribution in [1.82, 2.24) is 0 Å². The number of Topliss-reactive ketones (excluding diaryl/α,β-unsaturated/α-hetero) is 1. The van der Waals surface area contributed by atoms with Gasteiger partial charge in [0, 0.05) is 22.1 Å². The molecule has 0 aromatic heterocycles. The van der Waals surface area contributed by atoms with Gasteiger partial charge in [-0.25, -0.2) is 8.42 Å². The summed E-state index contributed by atoms with van der Waals surface area (Å²) in [7, 11) is -3.73. The average Bonchev–Trinajstić information content (AvgIpc) is 3.18. The smallest absolute Gasteiger partial charge is 0.291 e. The summed E-state index contributed by atoms with van der Waals surface area (Å²) in [6.07, 6.45) is 5.98. The van der Waals surface area contributed by atoms with Crippen LogP contribution in [-0.2, 0) is 27.0 Å². The second kappa shape index (κ2) is 8.66. The summed E-state index contributed by atoms with van der Waals surface area (Å²) >= 11 is 6.17. The Morgan fingerprint density at radius 3 is 2.50 bits per heavy atom. The molecule has 7 heteroatoms. The van der Waals surface area contributed by atoms with E-state index >= 15 is 0 Å². The van der Waals surface area contributed by atoms with E-state index in [0.717, 1.165) is 0 Å². The summed E-state index contributed by atoms with van der Waals surface area (Å²) in [6.45, 7) is 3.13. The second-order valence-electron chi connectivity index (χ2n) is 6.98. The lowest BCUT2D eigenvalue weighted by atomic mass is 9.98. The maximum absolute atomic E-state index is 13.7. The van der Waals surface area contributed by atoms with Gasteiger partial charge in [-0.3, -0.25) is 4.79 Å². The van der Waals surface area contributed by atoms with Crippen molar-refractivity contribution in [3.8, 4) is 0 Å². The molecule has 0 saturated carbocycles. The van der Waals surface area contributed by atoms with E-state index in [2.05, 4.69) is 6.58 Å². The van der Waals surface area contributed by atoms with E-state index < -0.39 is 27.3 Å². The molecule has 0 amide bonds. The molecule has 1 aliphatic rings. The van der Waals surface area contributed by atoms with Gasteiger partial charge in [0.25, 0.3) is 5.92 Å². The van der Waals surface area contributed by atoms with Crippen molar-refractivity contribution in [2.24, 2.45) is 5.92 Å². The van der Waals surface area contributed by atoms with Crippen molar-refractivity contribution in [3.63, 3.8) is 0 Å². The number of carbonyl (C=O) groups is 1. The molecule has 0 saturated heterocycles. The van der Waals surface area contributed by atoms with Crippen LogP contribution in [0, 0.1) is 5.92 Å². The van der Waals surface area contributed by atoms with Gasteiger partial charge in [0.1, 0.15) is 5.75 Å². The zero-order chi connectivity index (χ0) is 21.9. The lowest BCUT2D eigenvalue weighted by Gasteiger charge is -2.14. The zero-order valence-corrected chi connectivity index (χ0v) is 17.5. The van der Waals surface area contributed by atoms with Crippen molar-refractivity contribution >= 4 is 27.2 Å². The van der Waals surface area contributed by atoms with Gasteiger partial charge in [-0.05, 0) is 36.3 Å². The Kier molecular flexibility index (Phi) is 6.38. The molecule has 0 radical (unpaired) electrons. The molecular formula is C23H19ClF2O3S. The van der Waals surface area contributed by atoms with Crippen LogP contribution in [0.3, 0.4) is 0 Å². The Morgan fingerprint density at radius 2 is 1.87 bits per heavy atom. The standard InChI is InChI=1S/C23H19ClF2O3S/c1-2-23(25,26)19-11-10-17(21(24)14-19)12-16-8-9-18(13-16)22(27)15-30(28,29)20-6-4-3-5-7-20/h2-11,13-14,16H,1,12,15H2. The fraction of sp³-hybridized carbons (Fsp3) is 0.174. The molecule has 156 valence electrons. The number of halogens is 3. The third kappa shape index (κ3) is 4.94. The highest BCUT2D eigenvalue weighted by molar-refractivity contribution is 7.92. The first-order valence-corrected chi connectivity index (χ1v) is 11.2. The number of hydrogen-bond donors (Lipinski definition) is 0. The fourth-order valence-electron chi connectivity index (χ4n) is 3.14. The van der Waals surface area contributed by atoms with Crippen LogP contribution in [0.5, 0.6) is 0 Å². The maximum Gasteiger partial charge on any atom is 0.291 e. The van der Waals surface area contributed by atoms with Gasteiger partial charge < -0.3 is 0 Å². The van der Waals surface area contributed by atoms with Crippen LogP contribution in [0.15, 0.2) is 89.9 Å². The Bertz CT molecular complexity index is 1140. The Labute approximate surface area is 179 Å². The normalized spacial score (nSPS) is 16.4. The van der Waals surface area contributed by atoms with Crippen LogP contribution in [0.25, 0.3) is 0 Å².